The molecule has 0 aliphatic carbocycles. The first-order chi connectivity index (χ1) is 38.1. The van der Waals surface area contributed by atoms with Crippen molar-refractivity contribution >= 4 is 33.8 Å². The number of benzene rings is 5. The van der Waals surface area contributed by atoms with E-state index in [0.717, 1.165) is 52.2 Å². The Morgan fingerprint density at radius 3 is 1.65 bits per heavy atom. The summed E-state index contributed by atoms with van der Waals surface area (Å²) in [6, 6.07) is 36.8. The monoisotopic (exact) mass is 1070 g/mol. The van der Waals surface area contributed by atoms with E-state index in [1.807, 2.05) is 0 Å². The van der Waals surface area contributed by atoms with Crippen molar-refractivity contribution in [2.75, 3.05) is 5.73 Å². The number of nitrogens with zero attached hydrogens (tertiary/aromatic N) is 1. The second kappa shape index (κ2) is 31.7. The van der Waals surface area contributed by atoms with Crippen molar-refractivity contribution in [2.24, 2.45) is 22.2 Å². The summed E-state index contributed by atoms with van der Waals surface area (Å²) in [4.78, 5) is 5.68. The van der Waals surface area contributed by atoms with E-state index in [9.17, 15) is 0 Å². The molecule has 0 aliphatic heterocycles. The van der Waals surface area contributed by atoms with Crippen LogP contribution >= 0.6 is 0 Å². The van der Waals surface area contributed by atoms with Crippen molar-refractivity contribution in [3.05, 3.63) is 183 Å². The highest BCUT2D eigenvalue weighted by molar-refractivity contribution is 6.05. The van der Waals surface area contributed by atoms with Gasteiger partial charge in [0.2, 0.25) is 0 Å². The molecule has 5 aromatic carbocycles. The van der Waals surface area contributed by atoms with Crippen molar-refractivity contribution in [1.82, 2.24) is 0 Å². The molecule has 0 aromatic heterocycles. The zero-order chi connectivity index (χ0) is 58.6. The molecule has 2 nitrogen and oxygen atoms in total. The van der Waals surface area contributed by atoms with E-state index in [0.29, 0.717) is 24.2 Å². The van der Waals surface area contributed by atoms with Crippen molar-refractivity contribution in [1.29, 1.82) is 0 Å². The van der Waals surface area contributed by atoms with Gasteiger partial charge in [-0.05, 0) is 138 Å². The molecule has 0 saturated heterocycles. The molecule has 0 heterocycles. The van der Waals surface area contributed by atoms with Gasteiger partial charge in [0, 0.05) is 17.5 Å². The van der Waals surface area contributed by atoms with Gasteiger partial charge in [-0.25, -0.2) is 4.99 Å². The highest BCUT2D eigenvalue weighted by atomic mass is 14.8. The Labute approximate surface area is 491 Å². The van der Waals surface area contributed by atoms with Crippen molar-refractivity contribution < 1.29 is 0 Å². The van der Waals surface area contributed by atoms with Gasteiger partial charge in [0.15, 0.2) is 0 Å². The zero-order valence-electron chi connectivity index (χ0n) is 53.8. The number of aryl methyl sites for hydroxylation is 3. The molecule has 432 valence electrons. The van der Waals surface area contributed by atoms with Crippen molar-refractivity contribution in [3.63, 3.8) is 0 Å². The minimum atomic E-state index is 0.0689. The number of anilines is 1. The third-order valence-electron chi connectivity index (χ3n) is 17.7. The molecule has 0 spiro atoms. The van der Waals surface area contributed by atoms with E-state index in [1.165, 1.54) is 157 Å². The first-order valence-corrected chi connectivity index (χ1v) is 31.7. The molecular formula is C78H110N2. The average molecular weight is 1080 g/mol. The largest absolute Gasteiger partial charge is 0.396 e. The normalized spacial score (nSPS) is 14.1. The highest BCUT2D eigenvalue weighted by Gasteiger charge is 2.27. The summed E-state index contributed by atoms with van der Waals surface area (Å²) in [5.41, 5.74) is 30.5. The number of hydrogen-bond donors (Lipinski definition) is 1. The Hall–Kier alpha value is -5.47. The van der Waals surface area contributed by atoms with E-state index in [4.69, 9.17) is 10.7 Å². The molecule has 0 bridgehead atoms. The summed E-state index contributed by atoms with van der Waals surface area (Å²) in [6.07, 6.45) is 30.8. The predicted molar refractivity (Wildman–Crippen MR) is 359 cm³/mol. The van der Waals surface area contributed by atoms with E-state index >= 15 is 0 Å². The van der Waals surface area contributed by atoms with Gasteiger partial charge in [-0.15, -0.1) is 0 Å². The summed E-state index contributed by atoms with van der Waals surface area (Å²) in [5.74, 6) is 1.67. The minimum absolute atomic E-state index is 0.0689. The molecule has 2 heteroatoms. The number of aliphatic imine (C=N–C) groups is 1. The van der Waals surface area contributed by atoms with Crippen LogP contribution in [0.15, 0.2) is 132 Å². The van der Waals surface area contributed by atoms with Gasteiger partial charge in [-0.1, -0.05) is 311 Å². The molecule has 2 atom stereocenters. The molecule has 2 unspecified atom stereocenters. The Bertz CT molecular complexity index is 2860. The third-order valence-corrected chi connectivity index (χ3v) is 17.7. The fraction of sp³-hybridized carbons (Fsp3) is 0.500. The van der Waals surface area contributed by atoms with Gasteiger partial charge in [-0.2, -0.15) is 0 Å². The Kier molecular flexibility index (Phi) is 25.9. The first-order valence-electron chi connectivity index (χ1n) is 31.7. The molecule has 0 fully saturated rings. The first kappa shape index (κ1) is 65.3. The average Bonchev–Trinajstić information content (AvgIpc) is 3.44. The topological polar surface area (TPSA) is 38.4 Å². The highest BCUT2D eigenvalue weighted by Crippen LogP contribution is 2.44. The Morgan fingerprint density at radius 2 is 1.09 bits per heavy atom. The third kappa shape index (κ3) is 19.3. The Balaban J connectivity index is 1.66. The summed E-state index contributed by atoms with van der Waals surface area (Å²) < 4.78 is 0. The maximum Gasteiger partial charge on any atom is 0.0943 e. The second-order valence-electron chi connectivity index (χ2n) is 26.4. The number of nitrogen functional groups attached to an aromatic ring is 1. The van der Waals surface area contributed by atoms with Crippen LogP contribution in [-0.2, 0) is 11.8 Å². The van der Waals surface area contributed by atoms with Crippen LogP contribution in [0, 0.1) is 38.0 Å². The quantitative estimate of drug-likeness (QED) is 0.0220. The predicted octanol–water partition coefficient (Wildman–Crippen LogP) is 24.1. The van der Waals surface area contributed by atoms with Crippen LogP contribution in [0.5, 0.6) is 0 Å². The minimum Gasteiger partial charge on any atom is -0.396 e. The lowest BCUT2D eigenvalue weighted by Gasteiger charge is -2.32. The van der Waals surface area contributed by atoms with Gasteiger partial charge in [-0.3, -0.25) is 0 Å². The van der Waals surface area contributed by atoms with Crippen LogP contribution in [0.2, 0.25) is 0 Å². The maximum absolute atomic E-state index is 7.59. The van der Waals surface area contributed by atoms with E-state index < -0.39 is 0 Å². The molecule has 0 amide bonds. The number of unbranched alkanes of at least 4 members (excludes halogenated alkanes) is 10. The lowest BCUT2D eigenvalue weighted by molar-refractivity contribution is 0.264. The maximum atomic E-state index is 7.59. The molecule has 0 aliphatic rings. The Morgan fingerprint density at radius 1 is 0.550 bits per heavy atom. The van der Waals surface area contributed by atoms with Crippen LogP contribution in [0.3, 0.4) is 0 Å². The van der Waals surface area contributed by atoms with Crippen molar-refractivity contribution in [3.8, 4) is 11.1 Å². The number of rotatable bonds is 29. The van der Waals surface area contributed by atoms with Crippen molar-refractivity contribution in [2.45, 2.75) is 238 Å². The molecule has 5 aromatic rings. The zero-order valence-corrected chi connectivity index (χ0v) is 53.8. The van der Waals surface area contributed by atoms with Crippen LogP contribution in [-0.4, -0.2) is 5.71 Å². The summed E-state index contributed by atoms with van der Waals surface area (Å²) >= 11 is 0. The van der Waals surface area contributed by atoms with Crippen LogP contribution < -0.4 is 5.73 Å². The molecule has 80 heavy (non-hydrogen) atoms. The lowest BCUT2D eigenvalue weighted by Crippen LogP contribution is -2.19. The fourth-order valence-electron chi connectivity index (χ4n) is 11.4. The number of nitrogens with two attached hydrogens (primary N) is 1. The smallest absolute Gasteiger partial charge is 0.0943 e. The van der Waals surface area contributed by atoms with E-state index in [-0.39, 0.29) is 10.8 Å². The summed E-state index contributed by atoms with van der Waals surface area (Å²) in [6.45, 7) is 39.2. The van der Waals surface area contributed by atoms with E-state index in [2.05, 4.69) is 239 Å². The molecule has 5 rings (SSSR count). The van der Waals surface area contributed by atoms with Gasteiger partial charge in [0.05, 0.1) is 17.1 Å². The SMILES string of the molecule is CCCCCCCCC(CCCCCCCC)C(C)C(C)c1cc(/C(C)=C/C=C(\CCC)c2ccc(/C(C)=C/C=C(\C)C(C)(C)C)c(N=C(Cc3ccc(C)cc3)c3ccc(C)cc3)c2N)ccc1-c1ccc(C(C)(C)C)cc1C. The fourth-order valence-corrected chi connectivity index (χ4v) is 11.4. The number of hydrogen-bond acceptors (Lipinski definition) is 2. The second-order valence-corrected chi connectivity index (χ2v) is 26.4. The summed E-state index contributed by atoms with van der Waals surface area (Å²) in [7, 11) is 0. The standard InChI is InChI=1S/C78H110N2/c1-18-21-23-25-27-29-32-64(33-30-28-26-24-22-19-2)61(10)62(11)73-54-67(46-48-72(73)69-49-47-68(52-59(69)8)78(15,16)17)57(6)39-45-65(31-20-3)71-51-50-70(58(7)38-40-60(9)77(12,13)14)76(75(71)79)80-74(66-43-36-56(5)37-44-66)53-63-41-34-55(4)35-42-63/h34-52,54,61-62,64H,18-33,53,79H2,1-17H3/b57-39+,58-38+,60-40+,65-45+,80-74?. The van der Waals surface area contributed by atoms with Gasteiger partial charge in [0.25, 0.3) is 0 Å². The van der Waals surface area contributed by atoms with Gasteiger partial charge >= 0.3 is 0 Å². The van der Waals surface area contributed by atoms with Gasteiger partial charge in [0.1, 0.15) is 0 Å². The van der Waals surface area contributed by atoms with Crippen LogP contribution in [0.25, 0.3) is 27.8 Å². The molecular weight excluding hydrogens is 965 g/mol. The van der Waals surface area contributed by atoms with Crippen LogP contribution in [0.4, 0.5) is 11.4 Å². The van der Waals surface area contributed by atoms with Crippen LogP contribution in [0.1, 0.15) is 261 Å². The van der Waals surface area contributed by atoms with Gasteiger partial charge < -0.3 is 5.73 Å². The lowest BCUT2D eigenvalue weighted by atomic mass is 9.73. The molecule has 0 radical (unpaired) electrons. The molecule has 2 N–H and O–H groups in total. The number of allylic oxidation sites excluding steroid dienone is 8. The summed E-state index contributed by atoms with van der Waals surface area (Å²) in [5, 5.41) is 0. The molecule has 0 saturated carbocycles. The van der Waals surface area contributed by atoms with E-state index in [1.54, 1.807) is 0 Å².